The van der Waals surface area contributed by atoms with Crippen molar-refractivity contribution in [1.29, 1.82) is 0 Å². The van der Waals surface area contributed by atoms with Crippen LogP contribution in [0.15, 0.2) is 30.3 Å². The van der Waals surface area contributed by atoms with Crippen LogP contribution in [0.5, 0.6) is 0 Å². The van der Waals surface area contributed by atoms with E-state index >= 15 is 0 Å². The number of nitrogens with zero attached hydrogens (tertiary/aromatic N) is 1. The maximum atomic E-state index is 12.0. The van der Waals surface area contributed by atoms with Gasteiger partial charge in [-0.25, -0.2) is 0 Å². The average molecular weight is 233 g/mol. The molecule has 0 aliphatic carbocycles. The number of carbonyl (C=O) groups is 1. The Balaban J connectivity index is 1.82. The quantitative estimate of drug-likeness (QED) is 0.794. The number of likely N-dealkylation sites (N-methyl/N-ethyl adjacent to an activating group) is 1. The number of rotatable bonds is 4. The van der Waals surface area contributed by atoms with Crippen LogP contribution in [0, 0.1) is 0 Å². The van der Waals surface area contributed by atoms with Crippen LogP contribution >= 0.6 is 0 Å². The number of hydrogen-bond acceptors (Lipinski definition) is 2. The highest BCUT2D eigenvalue weighted by molar-refractivity contribution is 5.78. The van der Waals surface area contributed by atoms with Crippen molar-refractivity contribution in [3.05, 3.63) is 35.9 Å². The number of hydrogen-bond donors (Lipinski definition) is 0. The smallest absolute Gasteiger partial charge is 0.226 e. The first-order valence-corrected chi connectivity index (χ1v) is 6.15. The molecule has 1 aromatic carbocycles. The molecule has 3 nitrogen and oxygen atoms in total. The summed E-state index contributed by atoms with van der Waals surface area (Å²) >= 11 is 0. The molecule has 92 valence electrons. The molecule has 0 bridgehead atoms. The van der Waals surface area contributed by atoms with E-state index in [9.17, 15) is 4.79 Å². The van der Waals surface area contributed by atoms with Crippen LogP contribution in [-0.2, 0) is 16.0 Å². The highest BCUT2D eigenvalue weighted by Crippen LogP contribution is 2.13. The molecule has 1 atom stereocenters. The van der Waals surface area contributed by atoms with Gasteiger partial charge in [-0.1, -0.05) is 30.3 Å². The first-order chi connectivity index (χ1) is 8.25. The fourth-order valence-corrected chi connectivity index (χ4v) is 2.10. The summed E-state index contributed by atoms with van der Waals surface area (Å²) in [5, 5.41) is 0. The van der Waals surface area contributed by atoms with Crippen molar-refractivity contribution < 1.29 is 9.53 Å². The maximum Gasteiger partial charge on any atom is 0.226 e. The third-order valence-electron chi connectivity index (χ3n) is 3.13. The minimum Gasteiger partial charge on any atom is -0.376 e. The minimum atomic E-state index is 0.159. The van der Waals surface area contributed by atoms with E-state index in [4.69, 9.17) is 4.74 Å². The Kier molecular flexibility index (Phi) is 4.15. The van der Waals surface area contributed by atoms with Gasteiger partial charge in [-0.3, -0.25) is 4.79 Å². The summed E-state index contributed by atoms with van der Waals surface area (Å²) in [6.45, 7) is 1.55. The van der Waals surface area contributed by atoms with Crippen LogP contribution < -0.4 is 0 Å². The molecular formula is C14H19NO2. The molecule has 1 aliphatic heterocycles. The normalized spacial score (nSPS) is 19.2. The van der Waals surface area contributed by atoms with E-state index in [2.05, 4.69) is 0 Å². The number of carbonyl (C=O) groups excluding carboxylic acids is 1. The van der Waals surface area contributed by atoms with Gasteiger partial charge in [0.15, 0.2) is 0 Å². The van der Waals surface area contributed by atoms with Gasteiger partial charge in [0.1, 0.15) is 0 Å². The number of ether oxygens (including phenoxy) is 1. The molecule has 17 heavy (non-hydrogen) atoms. The third kappa shape index (κ3) is 3.56. The summed E-state index contributed by atoms with van der Waals surface area (Å²) in [6.07, 6.45) is 2.90. The Morgan fingerprint density at radius 3 is 2.82 bits per heavy atom. The lowest BCUT2D eigenvalue weighted by Gasteiger charge is -2.20. The average Bonchev–Trinajstić information content (AvgIpc) is 2.83. The SMILES string of the molecule is CN(CC1CCCO1)C(=O)Cc1ccccc1. The predicted octanol–water partition coefficient (Wildman–Crippen LogP) is 1.87. The Morgan fingerprint density at radius 2 is 2.18 bits per heavy atom. The molecule has 0 radical (unpaired) electrons. The van der Waals surface area contributed by atoms with Gasteiger partial charge in [-0.15, -0.1) is 0 Å². The Labute approximate surface area is 102 Å². The van der Waals surface area contributed by atoms with Crippen LogP contribution in [0.25, 0.3) is 0 Å². The summed E-state index contributed by atoms with van der Waals surface area (Å²) in [7, 11) is 1.85. The summed E-state index contributed by atoms with van der Waals surface area (Å²) in [6, 6.07) is 9.85. The zero-order chi connectivity index (χ0) is 12.1. The summed E-state index contributed by atoms with van der Waals surface area (Å²) in [5.74, 6) is 0.159. The first kappa shape index (κ1) is 12.1. The fourth-order valence-electron chi connectivity index (χ4n) is 2.10. The lowest BCUT2D eigenvalue weighted by Crippen LogP contribution is -2.35. The van der Waals surface area contributed by atoms with E-state index in [0.29, 0.717) is 13.0 Å². The minimum absolute atomic E-state index is 0.159. The highest BCUT2D eigenvalue weighted by Gasteiger charge is 2.19. The maximum absolute atomic E-state index is 12.0. The Morgan fingerprint density at radius 1 is 1.41 bits per heavy atom. The summed E-state index contributed by atoms with van der Waals surface area (Å²) < 4.78 is 5.53. The van der Waals surface area contributed by atoms with Crippen LogP contribution in [0.3, 0.4) is 0 Å². The van der Waals surface area contributed by atoms with Crippen molar-refractivity contribution in [2.75, 3.05) is 20.2 Å². The molecule has 1 unspecified atom stereocenters. The number of amides is 1. The molecule has 0 spiro atoms. The van der Waals surface area contributed by atoms with Crippen LogP contribution in [0.1, 0.15) is 18.4 Å². The van der Waals surface area contributed by atoms with E-state index in [1.165, 1.54) is 0 Å². The monoisotopic (exact) mass is 233 g/mol. The van der Waals surface area contributed by atoms with E-state index < -0.39 is 0 Å². The second kappa shape index (κ2) is 5.82. The van der Waals surface area contributed by atoms with E-state index in [1.807, 2.05) is 37.4 Å². The molecule has 2 rings (SSSR count). The summed E-state index contributed by atoms with van der Waals surface area (Å²) in [5.41, 5.74) is 1.07. The van der Waals surface area contributed by atoms with Crippen molar-refractivity contribution in [1.82, 2.24) is 4.90 Å². The fraction of sp³-hybridized carbons (Fsp3) is 0.500. The van der Waals surface area contributed by atoms with Gasteiger partial charge in [-0.05, 0) is 18.4 Å². The standard InChI is InChI=1S/C14H19NO2/c1-15(11-13-8-5-9-17-13)14(16)10-12-6-3-2-4-7-12/h2-4,6-7,13H,5,8-11H2,1H3. The topological polar surface area (TPSA) is 29.5 Å². The molecule has 3 heteroatoms. The Bertz CT molecular complexity index is 358. The highest BCUT2D eigenvalue weighted by atomic mass is 16.5. The van der Waals surface area contributed by atoms with Crippen molar-refractivity contribution in [2.45, 2.75) is 25.4 Å². The molecule has 1 heterocycles. The second-order valence-electron chi connectivity index (χ2n) is 4.57. The summed E-state index contributed by atoms with van der Waals surface area (Å²) in [4.78, 5) is 13.8. The third-order valence-corrected chi connectivity index (χ3v) is 3.13. The van der Waals surface area contributed by atoms with Gasteiger partial charge in [0, 0.05) is 20.2 Å². The van der Waals surface area contributed by atoms with E-state index in [0.717, 1.165) is 25.0 Å². The van der Waals surface area contributed by atoms with E-state index in [-0.39, 0.29) is 12.0 Å². The molecule has 1 saturated heterocycles. The largest absolute Gasteiger partial charge is 0.376 e. The lowest BCUT2D eigenvalue weighted by molar-refractivity contribution is -0.130. The molecule has 1 aromatic rings. The molecule has 1 amide bonds. The van der Waals surface area contributed by atoms with Crippen molar-refractivity contribution in [2.24, 2.45) is 0 Å². The zero-order valence-electron chi connectivity index (χ0n) is 10.3. The van der Waals surface area contributed by atoms with Crippen LogP contribution in [-0.4, -0.2) is 37.1 Å². The molecule has 1 aliphatic rings. The Hall–Kier alpha value is -1.35. The molecular weight excluding hydrogens is 214 g/mol. The van der Waals surface area contributed by atoms with Gasteiger partial charge in [0.2, 0.25) is 5.91 Å². The lowest BCUT2D eigenvalue weighted by atomic mass is 10.1. The second-order valence-corrected chi connectivity index (χ2v) is 4.57. The number of benzene rings is 1. The van der Waals surface area contributed by atoms with Gasteiger partial charge in [0.25, 0.3) is 0 Å². The van der Waals surface area contributed by atoms with Crippen LogP contribution in [0.2, 0.25) is 0 Å². The molecule has 0 saturated carbocycles. The van der Waals surface area contributed by atoms with Crippen molar-refractivity contribution >= 4 is 5.91 Å². The predicted molar refractivity (Wildman–Crippen MR) is 66.8 cm³/mol. The molecule has 0 N–H and O–H groups in total. The first-order valence-electron chi connectivity index (χ1n) is 6.15. The zero-order valence-corrected chi connectivity index (χ0v) is 10.3. The molecule has 1 fully saturated rings. The van der Waals surface area contributed by atoms with Gasteiger partial charge in [-0.2, -0.15) is 0 Å². The van der Waals surface area contributed by atoms with Gasteiger partial charge >= 0.3 is 0 Å². The molecule has 0 aromatic heterocycles. The van der Waals surface area contributed by atoms with Crippen molar-refractivity contribution in [3.8, 4) is 0 Å². The van der Waals surface area contributed by atoms with Crippen LogP contribution in [0.4, 0.5) is 0 Å². The van der Waals surface area contributed by atoms with Crippen molar-refractivity contribution in [3.63, 3.8) is 0 Å². The van der Waals surface area contributed by atoms with E-state index in [1.54, 1.807) is 4.90 Å². The van der Waals surface area contributed by atoms with Gasteiger partial charge < -0.3 is 9.64 Å². The van der Waals surface area contributed by atoms with Gasteiger partial charge in [0.05, 0.1) is 12.5 Å².